The van der Waals surface area contributed by atoms with Crippen molar-refractivity contribution in [2.24, 2.45) is 5.73 Å². The Morgan fingerprint density at radius 1 is 0.778 bits per heavy atom. The highest BCUT2D eigenvalue weighted by atomic mass is 31.2. The Labute approximate surface area is 166 Å². The molecule has 7 heteroatoms. The molecule has 0 aromatic rings. The van der Waals surface area contributed by atoms with Crippen molar-refractivity contribution in [1.29, 1.82) is 0 Å². The fourth-order valence-corrected chi connectivity index (χ4v) is 3.60. The third kappa shape index (κ3) is 20.6. The first-order chi connectivity index (χ1) is 12.9. The van der Waals surface area contributed by atoms with E-state index >= 15 is 0 Å². The molecule has 164 valence electrons. The summed E-state index contributed by atoms with van der Waals surface area (Å²) in [7, 11) is -4.51. The minimum Gasteiger partial charge on any atom is -0.391 e. The highest BCUT2D eigenvalue weighted by molar-refractivity contribution is 7.46. The molecule has 0 aliphatic carbocycles. The largest absolute Gasteiger partial charge is 0.469 e. The molecule has 6 nitrogen and oxygen atoms in total. The number of nitrogens with two attached hydrogens (primary N) is 1. The predicted octanol–water partition coefficient (Wildman–Crippen LogP) is 5.05. The topological polar surface area (TPSA) is 113 Å². The van der Waals surface area contributed by atoms with Crippen molar-refractivity contribution in [3.05, 3.63) is 0 Å². The molecular formula is C20H44NO5P. The summed E-state index contributed by atoms with van der Waals surface area (Å²) >= 11 is 0. The van der Waals surface area contributed by atoms with Crippen LogP contribution in [-0.4, -0.2) is 33.6 Å². The van der Waals surface area contributed by atoms with Gasteiger partial charge < -0.3 is 20.6 Å². The fraction of sp³-hybridized carbons (Fsp3) is 1.00. The first kappa shape index (κ1) is 27.0. The smallest absolute Gasteiger partial charge is 0.391 e. The molecule has 0 rings (SSSR count). The first-order valence-corrected chi connectivity index (χ1v) is 12.5. The Kier molecular flexibility index (Phi) is 18.1. The lowest BCUT2D eigenvalue weighted by molar-refractivity contribution is 0.0931. The van der Waals surface area contributed by atoms with E-state index in [2.05, 4.69) is 11.4 Å². The minimum atomic E-state index is -4.51. The van der Waals surface area contributed by atoms with E-state index in [-0.39, 0.29) is 6.61 Å². The van der Waals surface area contributed by atoms with Crippen LogP contribution in [0.1, 0.15) is 110 Å². The summed E-state index contributed by atoms with van der Waals surface area (Å²) in [6.45, 7) is 1.93. The normalized spacial score (nSPS) is 14.4. The van der Waals surface area contributed by atoms with Crippen LogP contribution in [0, 0.1) is 0 Å². The lowest BCUT2D eigenvalue weighted by Crippen LogP contribution is -2.38. The number of phosphoric ester groups is 1. The van der Waals surface area contributed by atoms with E-state index in [1.54, 1.807) is 0 Å². The second-order valence-electron chi connectivity index (χ2n) is 7.76. The summed E-state index contributed by atoms with van der Waals surface area (Å²) in [5.41, 5.74) is 5.67. The number of unbranched alkanes of at least 4 members (excludes halogenated alkanes) is 14. The number of hydrogen-bond acceptors (Lipinski definition) is 4. The van der Waals surface area contributed by atoms with Crippen molar-refractivity contribution in [3.8, 4) is 0 Å². The Hall–Kier alpha value is 0.0300. The highest BCUT2D eigenvalue weighted by Gasteiger charge is 2.20. The zero-order chi connectivity index (χ0) is 20.4. The van der Waals surface area contributed by atoms with Crippen molar-refractivity contribution in [1.82, 2.24) is 0 Å². The Balaban J connectivity index is 3.29. The molecular weight excluding hydrogens is 365 g/mol. The molecule has 27 heavy (non-hydrogen) atoms. The maximum Gasteiger partial charge on any atom is 0.469 e. The van der Waals surface area contributed by atoms with Gasteiger partial charge in [-0.15, -0.1) is 0 Å². The zero-order valence-electron chi connectivity index (χ0n) is 17.4. The van der Waals surface area contributed by atoms with Crippen molar-refractivity contribution >= 4 is 7.82 Å². The van der Waals surface area contributed by atoms with Gasteiger partial charge in [-0.1, -0.05) is 103 Å². The van der Waals surface area contributed by atoms with E-state index in [1.807, 2.05) is 0 Å². The maximum absolute atomic E-state index is 10.6. The minimum absolute atomic E-state index is 0.329. The van der Waals surface area contributed by atoms with Gasteiger partial charge in [0.2, 0.25) is 0 Å². The van der Waals surface area contributed by atoms with Crippen LogP contribution in [-0.2, 0) is 9.09 Å². The van der Waals surface area contributed by atoms with E-state index in [0.29, 0.717) is 6.42 Å². The van der Waals surface area contributed by atoms with Crippen LogP contribution in [0.5, 0.6) is 0 Å². The Bertz CT molecular complexity index is 364. The molecule has 0 fully saturated rings. The molecule has 0 unspecified atom stereocenters. The molecule has 0 aromatic heterocycles. The summed E-state index contributed by atoms with van der Waals surface area (Å²) in [6.07, 6.45) is 19.1. The second-order valence-corrected chi connectivity index (χ2v) is 9.00. The molecule has 2 atom stereocenters. The standard InChI is InChI=1S/C20H44NO5P/c1-2-3-4-5-6-7-8-9-10-11-12-13-14-15-16-17-20(22)19(21)18-26-27(23,24)25/h19-20,22H,2-18,21H2,1H3,(H2,23,24,25)/t19-,20+/m1/s1. The van der Waals surface area contributed by atoms with Crippen LogP contribution in [0.2, 0.25) is 0 Å². The van der Waals surface area contributed by atoms with Crippen molar-refractivity contribution in [2.75, 3.05) is 6.61 Å². The predicted molar refractivity (Wildman–Crippen MR) is 112 cm³/mol. The van der Waals surface area contributed by atoms with E-state index in [9.17, 15) is 9.67 Å². The lowest BCUT2D eigenvalue weighted by atomic mass is 10.0. The van der Waals surface area contributed by atoms with Gasteiger partial charge in [-0.25, -0.2) is 4.57 Å². The third-order valence-corrected chi connectivity index (χ3v) is 5.52. The second kappa shape index (κ2) is 18.1. The molecule has 0 saturated heterocycles. The lowest BCUT2D eigenvalue weighted by Gasteiger charge is -2.18. The van der Waals surface area contributed by atoms with Crippen LogP contribution >= 0.6 is 7.82 Å². The third-order valence-electron chi connectivity index (χ3n) is 5.03. The van der Waals surface area contributed by atoms with Crippen LogP contribution in [0.3, 0.4) is 0 Å². The molecule has 0 heterocycles. The van der Waals surface area contributed by atoms with Gasteiger partial charge in [0.1, 0.15) is 0 Å². The summed E-state index contributed by atoms with van der Waals surface area (Å²) in [5.74, 6) is 0. The van der Waals surface area contributed by atoms with Crippen LogP contribution < -0.4 is 5.73 Å². The van der Waals surface area contributed by atoms with Gasteiger partial charge in [-0.05, 0) is 6.42 Å². The van der Waals surface area contributed by atoms with Crippen molar-refractivity contribution < 1.29 is 24.0 Å². The average Bonchev–Trinajstić information content (AvgIpc) is 2.62. The monoisotopic (exact) mass is 409 g/mol. The van der Waals surface area contributed by atoms with E-state index in [4.69, 9.17) is 15.5 Å². The first-order valence-electron chi connectivity index (χ1n) is 11.0. The van der Waals surface area contributed by atoms with Gasteiger partial charge in [0.05, 0.1) is 18.8 Å². The molecule has 0 bridgehead atoms. The van der Waals surface area contributed by atoms with E-state index in [1.165, 1.54) is 83.5 Å². The van der Waals surface area contributed by atoms with Gasteiger partial charge in [0.25, 0.3) is 0 Å². The molecule has 5 N–H and O–H groups in total. The number of hydrogen-bond donors (Lipinski definition) is 4. The molecule has 0 aromatic carbocycles. The number of aliphatic hydroxyl groups is 1. The fourth-order valence-electron chi connectivity index (χ4n) is 3.23. The van der Waals surface area contributed by atoms with Crippen LogP contribution in [0.4, 0.5) is 0 Å². The van der Waals surface area contributed by atoms with Gasteiger partial charge in [-0.2, -0.15) is 0 Å². The Morgan fingerprint density at radius 2 is 1.15 bits per heavy atom. The molecule has 0 saturated carbocycles. The average molecular weight is 410 g/mol. The van der Waals surface area contributed by atoms with Gasteiger partial charge in [0, 0.05) is 0 Å². The Morgan fingerprint density at radius 3 is 1.52 bits per heavy atom. The number of aliphatic hydroxyl groups excluding tert-OH is 1. The van der Waals surface area contributed by atoms with Crippen molar-refractivity contribution in [3.63, 3.8) is 0 Å². The van der Waals surface area contributed by atoms with E-state index < -0.39 is 20.0 Å². The van der Waals surface area contributed by atoms with Crippen LogP contribution in [0.25, 0.3) is 0 Å². The molecule has 0 aliphatic rings. The summed E-state index contributed by atoms with van der Waals surface area (Å²) in [4.78, 5) is 17.2. The molecule has 0 spiro atoms. The number of rotatable bonds is 20. The molecule has 0 amide bonds. The summed E-state index contributed by atoms with van der Waals surface area (Å²) in [6, 6.07) is -0.760. The van der Waals surface area contributed by atoms with Gasteiger partial charge in [0.15, 0.2) is 0 Å². The SMILES string of the molecule is CCCCCCCCCCCCCCCCC[C@H](O)[C@H](N)COP(=O)(O)O. The molecule has 0 aliphatic heterocycles. The highest BCUT2D eigenvalue weighted by Crippen LogP contribution is 2.35. The van der Waals surface area contributed by atoms with Crippen molar-refractivity contribution in [2.45, 2.75) is 122 Å². The maximum atomic E-state index is 10.6. The summed E-state index contributed by atoms with van der Waals surface area (Å²) < 4.78 is 14.9. The van der Waals surface area contributed by atoms with Gasteiger partial charge >= 0.3 is 7.82 Å². The number of phosphoric acid groups is 1. The van der Waals surface area contributed by atoms with E-state index in [0.717, 1.165) is 12.8 Å². The molecule has 0 radical (unpaired) electrons. The quantitative estimate of drug-likeness (QED) is 0.165. The van der Waals surface area contributed by atoms with Gasteiger partial charge in [-0.3, -0.25) is 4.52 Å². The summed E-state index contributed by atoms with van der Waals surface area (Å²) in [5, 5.41) is 9.86. The zero-order valence-corrected chi connectivity index (χ0v) is 18.3. The van der Waals surface area contributed by atoms with Crippen LogP contribution in [0.15, 0.2) is 0 Å².